The van der Waals surface area contributed by atoms with Gasteiger partial charge in [-0.3, -0.25) is 0 Å². The first kappa shape index (κ1) is 11.0. The summed E-state index contributed by atoms with van der Waals surface area (Å²) in [7, 11) is 4.52. The molecule has 2 fully saturated rings. The highest BCUT2D eigenvalue weighted by atomic mass is 15.2. The highest BCUT2D eigenvalue weighted by Crippen LogP contribution is 2.28. The van der Waals surface area contributed by atoms with Gasteiger partial charge in [0, 0.05) is 19.1 Å². The van der Waals surface area contributed by atoms with E-state index in [4.69, 9.17) is 0 Å². The van der Waals surface area contributed by atoms with Crippen LogP contribution >= 0.6 is 0 Å². The predicted molar refractivity (Wildman–Crippen MR) is 58.0 cm³/mol. The maximum atomic E-state index is 2.54. The molecule has 2 aliphatic heterocycles. The summed E-state index contributed by atoms with van der Waals surface area (Å²) < 4.78 is 0. The molecule has 2 rings (SSSR count). The second kappa shape index (κ2) is 4.97. The standard InChI is InChI=1S/C9H18N2.C2H6/c1-10-6-8-4-3-5-11(2)9(8)7-10;1-2/h8-9H,3-7H2,1-2H3;1-2H3. The molecule has 0 bridgehead atoms. The van der Waals surface area contributed by atoms with E-state index in [1.807, 2.05) is 13.8 Å². The monoisotopic (exact) mass is 184 g/mol. The minimum atomic E-state index is 0.869. The molecule has 0 amide bonds. The number of rotatable bonds is 0. The fourth-order valence-electron chi connectivity index (χ4n) is 2.62. The van der Waals surface area contributed by atoms with Crippen molar-refractivity contribution >= 4 is 0 Å². The van der Waals surface area contributed by atoms with Crippen molar-refractivity contribution in [1.82, 2.24) is 9.80 Å². The second-order valence-corrected chi connectivity index (χ2v) is 4.17. The molecule has 0 aliphatic carbocycles. The average Bonchev–Trinajstić information content (AvgIpc) is 2.51. The van der Waals surface area contributed by atoms with Gasteiger partial charge in [-0.25, -0.2) is 0 Å². The normalized spacial score (nSPS) is 35.1. The highest BCUT2D eigenvalue weighted by Gasteiger charge is 2.35. The first-order chi connectivity index (χ1) is 6.27. The Balaban J connectivity index is 0.000000396. The van der Waals surface area contributed by atoms with Gasteiger partial charge in [0.25, 0.3) is 0 Å². The molecule has 2 heteroatoms. The van der Waals surface area contributed by atoms with Crippen LogP contribution < -0.4 is 0 Å². The van der Waals surface area contributed by atoms with Crippen molar-refractivity contribution in [3.63, 3.8) is 0 Å². The van der Waals surface area contributed by atoms with Crippen LogP contribution in [0.1, 0.15) is 26.7 Å². The smallest absolute Gasteiger partial charge is 0.0260 e. The predicted octanol–water partition coefficient (Wildman–Crippen LogP) is 1.67. The highest BCUT2D eigenvalue weighted by molar-refractivity contribution is 4.91. The van der Waals surface area contributed by atoms with Gasteiger partial charge in [-0.1, -0.05) is 13.8 Å². The largest absolute Gasteiger partial charge is 0.304 e. The Labute approximate surface area is 82.9 Å². The Kier molecular flexibility index (Phi) is 4.20. The summed E-state index contributed by atoms with van der Waals surface area (Å²) >= 11 is 0. The summed E-state index contributed by atoms with van der Waals surface area (Å²) in [5.74, 6) is 0.971. The zero-order valence-corrected chi connectivity index (χ0v) is 9.58. The van der Waals surface area contributed by atoms with Gasteiger partial charge in [0.2, 0.25) is 0 Å². The van der Waals surface area contributed by atoms with Crippen molar-refractivity contribution < 1.29 is 0 Å². The minimum absolute atomic E-state index is 0.869. The molecule has 2 aliphatic rings. The van der Waals surface area contributed by atoms with Crippen LogP contribution in [0.25, 0.3) is 0 Å². The van der Waals surface area contributed by atoms with Crippen molar-refractivity contribution in [2.45, 2.75) is 32.7 Å². The molecule has 2 nitrogen and oxygen atoms in total. The Morgan fingerprint density at radius 3 is 2.38 bits per heavy atom. The second-order valence-electron chi connectivity index (χ2n) is 4.17. The first-order valence-electron chi connectivity index (χ1n) is 5.66. The molecule has 0 aromatic heterocycles. The van der Waals surface area contributed by atoms with Crippen molar-refractivity contribution in [2.75, 3.05) is 33.7 Å². The zero-order chi connectivity index (χ0) is 9.84. The van der Waals surface area contributed by atoms with E-state index in [-0.39, 0.29) is 0 Å². The van der Waals surface area contributed by atoms with Gasteiger partial charge in [-0.05, 0) is 39.4 Å². The quantitative estimate of drug-likeness (QED) is 0.565. The molecule has 0 aromatic rings. The third kappa shape index (κ3) is 2.44. The number of likely N-dealkylation sites (tertiary alicyclic amines) is 2. The molecule has 2 atom stereocenters. The lowest BCUT2D eigenvalue weighted by molar-refractivity contribution is 0.157. The van der Waals surface area contributed by atoms with E-state index in [9.17, 15) is 0 Å². The molecular formula is C11H24N2. The zero-order valence-electron chi connectivity index (χ0n) is 9.58. The number of fused-ring (bicyclic) bond motifs is 1. The molecule has 2 unspecified atom stereocenters. The van der Waals surface area contributed by atoms with Gasteiger partial charge in [0.05, 0.1) is 0 Å². The summed E-state index contributed by atoms with van der Waals surface area (Å²) in [5.41, 5.74) is 0. The summed E-state index contributed by atoms with van der Waals surface area (Å²) in [4.78, 5) is 5.01. The van der Waals surface area contributed by atoms with E-state index >= 15 is 0 Å². The fraction of sp³-hybridized carbons (Fsp3) is 1.00. The maximum absolute atomic E-state index is 2.54. The molecule has 0 radical (unpaired) electrons. The molecule has 0 aromatic carbocycles. The average molecular weight is 184 g/mol. The number of piperidine rings is 1. The Morgan fingerprint density at radius 2 is 1.77 bits per heavy atom. The summed E-state index contributed by atoms with van der Waals surface area (Å²) in [5, 5.41) is 0. The Bertz CT molecular complexity index is 147. The van der Waals surface area contributed by atoms with Crippen molar-refractivity contribution in [1.29, 1.82) is 0 Å². The van der Waals surface area contributed by atoms with Crippen molar-refractivity contribution in [2.24, 2.45) is 5.92 Å². The van der Waals surface area contributed by atoms with Gasteiger partial charge >= 0.3 is 0 Å². The Hall–Kier alpha value is -0.0800. The van der Waals surface area contributed by atoms with Crippen LogP contribution in [0.3, 0.4) is 0 Å². The van der Waals surface area contributed by atoms with Crippen LogP contribution in [0, 0.1) is 5.92 Å². The van der Waals surface area contributed by atoms with Crippen LogP contribution in [-0.2, 0) is 0 Å². The van der Waals surface area contributed by atoms with Gasteiger partial charge in [0.1, 0.15) is 0 Å². The SMILES string of the molecule is CC.CN1CC2CCCN(C)C2C1. The number of likely N-dealkylation sites (N-methyl/N-ethyl adjacent to an activating group) is 2. The van der Waals surface area contributed by atoms with Crippen molar-refractivity contribution in [3.8, 4) is 0 Å². The lowest BCUT2D eigenvalue weighted by atomic mass is 9.93. The maximum Gasteiger partial charge on any atom is 0.0260 e. The van der Waals surface area contributed by atoms with Gasteiger partial charge in [0.15, 0.2) is 0 Å². The van der Waals surface area contributed by atoms with E-state index in [0.29, 0.717) is 0 Å². The lowest BCUT2D eigenvalue weighted by Crippen LogP contribution is -2.42. The van der Waals surface area contributed by atoms with Crippen LogP contribution in [0.15, 0.2) is 0 Å². The van der Waals surface area contributed by atoms with Crippen LogP contribution in [0.4, 0.5) is 0 Å². The molecule has 0 spiro atoms. The molecule has 13 heavy (non-hydrogen) atoms. The molecule has 2 saturated heterocycles. The first-order valence-corrected chi connectivity index (χ1v) is 5.66. The fourth-order valence-corrected chi connectivity index (χ4v) is 2.62. The lowest BCUT2D eigenvalue weighted by Gasteiger charge is -2.33. The van der Waals surface area contributed by atoms with Gasteiger partial charge in [-0.15, -0.1) is 0 Å². The number of hydrogen-bond donors (Lipinski definition) is 0. The van der Waals surface area contributed by atoms with E-state index in [0.717, 1.165) is 12.0 Å². The van der Waals surface area contributed by atoms with Crippen molar-refractivity contribution in [3.05, 3.63) is 0 Å². The summed E-state index contributed by atoms with van der Waals surface area (Å²) in [6, 6.07) is 0.869. The molecule has 0 saturated carbocycles. The van der Waals surface area contributed by atoms with Gasteiger partial charge in [-0.2, -0.15) is 0 Å². The minimum Gasteiger partial charge on any atom is -0.304 e. The topological polar surface area (TPSA) is 6.48 Å². The van der Waals surface area contributed by atoms with E-state index in [1.165, 1.54) is 32.5 Å². The van der Waals surface area contributed by atoms with Gasteiger partial charge < -0.3 is 9.80 Å². The summed E-state index contributed by atoms with van der Waals surface area (Å²) in [6.45, 7) is 7.94. The van der Waals surface area contributed by atoms with Crippen LogP contribution in [0.2, 0.25) is 0 Å². The molecule has 78 valence electrons. The Morgan fingerprint density at radius 1 is 1.08 bits per heavy atom. The summed E-state index contributed by atoms with van der Waals surface area (Å²) in [6.07, 6.45) is 2.87. The third-order valence-electron chi connectivity index (χ3n) is 3.24. The van der Waals surface area contributed by atoms with E-state index < -0.39 is 0 Å². The molecule has 0 N–H and O–H groups in total. The molecular weight excluding hydrogens is 160 g/mol. The number of nitrogens with zero attached hydrogens (tertiary/aromatic N) is 2. The van der Waals surface area contributed by atoms with Crippen LogP contribution in [0.5, 0.6) is 0 Å². The number of hydrogen-bond acceptors (Lipinski definition) is 2. The molecule has 2 heterocycles. The van der Waals surface area contributed by atoms with E-state index in [2.05, 4.69) is 23.9 Å². The van der Waals surface area contributed by atoms with E-state index in [1.54, 1.807) is 0 Å². The third-order valence-corrected chi connectivity index (χ3v) is 3.24. The van der Waals surface area contributed by atoms with Crippen LogP contribution in [-0.4, -0.2) is 49.6 Å².